The highest BCUT2D eigenvalue weighted by molar-refractivity contribution is 5.92. The number of nitrogens with one attached hydrogen (secondary N) is 1. The molecule has 1 aliphatic rings. The number of carbonyl (C=O) groups is 1. The quantitative estimate of drug-likeness (QED) is 0.813. The van der Waals surface area contributed by atoms with Crippen LogP contribution in [-0.2, 0) is 0 Å². The summed E-state index contributed by atoms with van der Waals surface area (Å²) in [6.45, 7) is 1.85. The fourth-order valence-electron chi connectivity index (χ4n) is 2.19. The summed E-state index contributed by atoms with van der Waals surface area (Å²) in [5.41, 5.74) is 1.24. The molecule has 0 aromatic carbocycles. The number of nitrogens with zero attached hydrogens (tertiary/aromatic N) is 1. The number of aromatic nitrogens is 1. The summed E-state index contributed by atoms with van der Waals surface area (Å²) in [7, 11) is 0. The van der Waals surface area contributed by atoms with Gasteiger partial charge >= 0.3 is 0 Å². The van der Waals surface area contributed by atoms with Crippen molar-refractivity contribution >= 4 is 5.91 Å². The van der Waals surface area contributed by atoms with Gasteiger partial charge in [-0.15, -0.1) is 0 Å². The maximum absolute atomic E-state index is 11.9. The first-order valence-electron chi connectivity index (χ1n) is 6.09. The Hall–Kier alpha value is -1.42. The van der Waals surface area contributed by atoms with E-state index in [1.54, 1.807) is 6.07 Å². The van der Waals surface area contributed by atoms with Gasteiger partial charge in [-0.1, -0.05) is 18.9 Å². The molecular formula is C13H18N2O2. The second kappa shape index (κ2) is 5.27. The highest BCUT2D eigenvalue weighted by Gasteiger charge is 2.25. The zero-order valence-corrected chi connectivity index (χ0v) is 10.0. The third-order valence-electron chi connectivity index (χ3n) is 3.17. The van der Waals surface area contributed by atoms with Crippen molar-refractivity contribution in [1.82, 2.24) is 10.3 Å². The van der Waals surface area contributed by atoms with Crippen molar-refractivity contribution in [2.45, 2.75) is 44.8 Å². The van der Waals surface area contributed by atoms with Crippen LogP contribution in [0.15, 0.2) is 18.2 Å². The van der Waals surface area contributed by atoms with Crippen LogP contribution in [0.25, 0.3) is 0 Å². The first kappa shape index (κ1) is 12.0. The molecule has 0 spiro atoms. The minimum Gasteiger partial charge on any atom is -0.391 e. The highest BCUT2D eigenvalue weighted by Crippen LogP contribution is 2.18. The van der Waals surface area contributed by atoms with E-state index in [-0.39, 0.29) is 11.9 Å². The molecular weight excluding hydrogens is 216 g/mol. The zero-order valence-electron chi connectivity index (χ0n) is 10.0. The number of aliphatic hydroxyl groups excluding tert-OH is 1. The van der Waals surface area contributed by atoms with Crippen molar-refractivity contribution in [3.05, 3.63) is 29.6 Å². The Morgan fingerprint density at radius 3 is 2.88 bits per heavy atom. The van der Waals surface area contributed by atoms with E-state index in [0.717, 1.165) is 31.4 Å². The van der Waals surface area contributed by atoms with Crippen molar-refractivity contribution in [1.29, 1.82) is 0 Å². The Balaban J connectivity index is 2.01. The molecule has 2 rings (SSSR count). The lowest BCUT2D eigenvalue weighted by Gasteiger charge is -2.28. The highest BCUT2D eigenvalue weighted by atomic mass is 16.3. The van der Waals surface area contributed by atoms with Crippen LogP contribution in [0, 0.1) is 6.92 Å². The van der Waals surface area contributed by atoms with Gasteiger partial charge in [0.2, 0.25) is 0 Å². The molecule has 1 aromatic heterocycles. The largest absolute Gasteiger partial charge is 0.391 e. The number of hydrogen-bond donors (Lipinski definition) is 2. The van der Waals surface area contributed by atoms with Crippen molar-refractivity contribution in [2.24, 2.45) is 0 Å². The lowest BCUT2D eigenvalue weighted by Crippen LogP contribution is -2.45. The van der Waals surface area contributed by atoms with Crippen LogP contribution < -0.4 is 5.32 Å². The molecule has 1 fully saturated rings. The fourth-order valence-corrected chi connectivity index (χ4v) is 2.19. The van der Waals surface area contributed by atoms with Crippen molar-refractivity contribution < 1.29 is 9.90 Å². The standard InChI is InChI=1S/C13H18N2O2/c1-9-5-4-7-11(14-9)13(17)15-10-6-2-3-8-12(10)16/h4-5,7,10,12,16H,2-3,6,8H2,1H3,(H,15,17)/t10-,12-/m0/s1. The van der Waals surface area contributed by atoms with Crippen molar-refractivity contribution in [3.63, 3.8) is 0 Å². The molecule has 0 bridgehead atoms. The Labute approximate surface area is 101 Å². The second-order valence-electron chi connectivity index (χ2n) is 4.60. The van der Waals surface area contributed by atoms with Gasteiger partial charge in [-0.2, -0.15) is 0 Å². The number of amides is 1. The third-order valence-corrected chi connectivity index (χ3v) is 3.17. The maximum Gasteiger partial charge on any atom is 0.270 e. The third kappa shape index (κ3) is 3.03. The number of carbonyl (C=O) groups excluding carboxylic acids is 1. The van der Waals surface area contributed by atoms with E-state index in [1.165, 1.54) is 0 Å². The first-order chi connectivity index (χ1) is 8.16. The van der Waals surface area contributed by atoms with Crippen LogP contribution in [-0.4, -0.2) is 28.1 Å². The predicted octanol–water partition coefficient (Wildman–Crippen LogP) is 1.42. The van der Waals surface area contributed by atoms with Gasteiger partial charge < -0.3 is 10.4 Å². The monoisotopic (exact) mass is 234 g/mol. The van der Waals surface area contributed by atoms with Crippen LogP contribution in [0.3, 0.4) is 0 Å². The number of pyridine rings is 1. The van der Waals surface area contributed by atoms with Gasteiger partial charge in [0, 0.05) is 5.69 Å². The minimum atomic E-state index is -0.419. The van der Waals surface area contributed by atoms with Crippen LogP contribution in [0.1, 0.15) is 41.9 Å². The van der Waals surface area contributed by atoms with E-state index in [1.807, 2.05) is 19.1 Å². The molecule has 1 aromatic rings. The van der Waals surface area contributed by atoms with Crippen molar-refractivity contribution in [2.75, 3.05) is 0 Å². The molecule has 92 valence electrons. The fraction of sp³-hybridized carbons (Fsp3) is 0.538. The summed E-state index contributed by atoms with van der Waals surface area (Å²) in [6, 6.07) is 5.23. The number of aryl methyl sites for hydroxylation is 1. The lowest BCUT2D eigenvalue weighted by molar-refractivity contribution is 0.0713. The molecule has 0 saturated heterocycles. The lowest BCUT2D eigenvalue weighted by atomic mass is 9.92. The summed E-state index contributed by atoms with van der Waals surface area (Å²) >= 11 is 0. The average Bonchev–Trinajstić information content (AvgIpc) is 2.32. The molecule has 1 aliphatic carbocycles. The van der Waals surface area contributed by atoms with Gasteiger partial charge in [-0.25, -0.2) is 4.98 Å². The molecule has 1 heterocycles. The average molecular weight is 234 g/mol. The van der Waals surface area contributed by atoms with Gasteiger partial charge in [-0.3, -0.25) is 4.79 Å². The SMILES string of the molecule is Cc1cccc(C(=O)N[C@H]2CCCC[C@@H]2O)n1. The van der Waals surface area contributed by atoms with Gasteiger partial charge in [0.1, 0.15) is 5.69 Å². The van der Waals surface area contributed by atoms with Crippen LogP contribution in [0.2, 0.25) is 0 Å². The topological polar surface area (TPSA) is 62.2 Å². The van der Waals surface area contributed by atoms with Crippen LogP contribution >= 0.6 is 0 Å². The van der Waals surface area contributed by atoms with Crippen LogP contribution in [0.4, 0.5) is 0 Å². The van der Waals surface area contributed by atoms with Gasteiger partial charge in [0.05, 0.1) is 12.1 Å². The number of hydrogen-bond acceptors (Lipinski definition) is 3. The molecule has 1 amide bonds. The Morgan fingerprint density at radius 1 is 1.41 bits per heavy atom. The molecule has 2 atom stereocenters. The molecule has 0 unspecified atom stereocenters. The summed E-state index contributed by atoms with van der Waals surface area (Å²) in [6.07, 6.45) is 3.29. The molecule has 0 radical (unpaired) electrons. The number of rotatable bonds is 2. The van der Waals surface area contributed by atoms with E-state index in [9.17, 15) is 9.90 Å². The van der Waals surface area contributed by atoms with E-state index in [0.29, 0.717) is 5.69 Å². The Bertz CT molecular complexity index is 406. The molecule has 4 nitrogen and oxygen atoms in total. The minimum absolute atomic E-state index is 0.126. The molecule has 0 aliphatic heterocycles. The van der Waals surface area contributed by atoms with E-state index in [4.69, 9.17) is 0 Å². The van der Waals surface area contributed by atoms with E-state index < -0.39 is 6.10 Å². The first-order valence-corrected chi connectivity index (χ1v) is 6.09. The summed E-state index contributed by atoms with van der Waals surface area (Å²) in [5.74, 6) is -0.195. The Morgan fingerprint density at radius 2 is 2.18 bits per heavy atom. The van der Waals surface area contributed by atoms with Gasteiger partial charge in [0.25, 0.3) is 5.91 Å². The summed E-state index contributed by atoms with van der Waals surface area (Å²) < 4.78 is 0. The predicted molar refractivity (Wildman–Crippen MR) is 64.7 cm³/mol. The summed E-state index contributed by atoms with van der Waals surface area (Å²) in [5, 5.41) is 12.6. The number of aliphatic hydroxyl groups is 1. The molecule has 4 heteroatoms. The second-order valence-corrected chi connectivity index (χ2v) is 4.60. The normalized spacial score (nSPS) is 24.4. The zero-order chi connectivity index (χ0) is 12.3. The van der Waals surface area contributed by atoms with Gasteiger partial charge in [-0.05, 0) is 31.9 Å². The maximum atomic E-state index is 11.9. The molecule has 1 saturated carbocycles. The molecule has 17 heavy (non-hydrogen) atoms. The Kier molecular flexibility index (Phi) is 3.74. The van der Waals surface area contributed by atoms with E-state index in [2.05, 4.69) is 10.3 Å². The summed E-state index contributed by atoms with van der Waals surface area (Å²) in [4.78, 5) is 16.1. The molecule has 2 N–H and O–H groups in total. The van der Waals surface area contributed by atoms with Gasteiger partial charge in [0.15, 0.2) is 0 Å². The van der Waals surface area contributed by atoms with Crippen molar-refractivity contribution in [3.8, 4) is 0 Å². The smallest absolute Gasteiger partial charge is 0.270 e. The van der Waals surface area contributed by atoms with Crippen LogP contribution in [0.5, 0.6) is 0 Å². The van der Waals surface area contributed by atoms with E-state index >= 15 is 0 Å².